The van der Waals surface area contributed by atoms with E-state index < -0.39 is 0 Å². The molecule has 0 fully saturated rings. The van der Waals surface area contributed by atoms with Crippen molar-refractivity contribution < 1.29 is 4.79 Å². The van der Waals surface area contributed by atoms with Crippen LogP contribution in [0.4, 0.5) is 5.69 Å². The maximum Gasteiger partial charge on any atom is 0.255 e. The Labute approximate surface area is 121 Å². The van der Waals surface area contributed by atoms with Gasteiger partial charge in [0.15, 0.2) is 0 Å². The number of rotatable bonds is 4. The van der Waals surface area contributed by atoms with E-state index in [0.717, 1.165) is 6.42 Å². The van der Waals surface area contributed by atoms with Gasteiger partial charge in [-0.1, -0.05) is 24.6 Å². The van der Waals surface area contributed by atoms with Gasteiger partial charge in [0, 0.05) is 10.6 Å². The topological polar surface area (TPSA) is 55.1 Å². The van der Waals surface area contributed by atoms with Crippen molar-refractivity contribution in [3.05, 3.63) is 50.7 Å². The van der Waals surface area contributed by atoms with E-state index in [1.165, 1.54) is 10.4 Å². The number of hydrogen-bond donors (Lipinski definition) is 2. The lowest BCUT2D eigenvalue weighted by molar-refractivity contribution is 0.0952. The Kier molecular flexibility index (Phi) is 4.45. The van der Waals surface area contributed by atoms with Crippen LogP contribution >= 0.6 is 22.9 Å². The second kappa shape index (κ2) is 6.08. The van der Waals surface area contributed by atoms with Crippen LogP contribution in [-0.4, -0.2) is 5.91 Å². The van der Waals surface area contributed by atoms with E-state index in [9.17, 15) is 4.79 Å². The van der Waals surface area contributed by atoms with Crippen molar-refractivity contribution >= 4 is 34.5 Å². The number of thiophene rings is 1. The molecular weight excluding hydrogens is 280 g/mol. The molecule has 0 radical (unpaired) electrons. The number of anilines is 1. The van der Waals surface area contributed by atoms with Gasteiger partial charge >= 0.3 is 0 Å². The average molecular weight is 295 g/mol. The molecule has 2 rings (SSSR count). The monoisotopic (exact) mass is 294 g/mol. The van der Waals surface area contributed by atoms with Crippen molar-refractivity contribution in [1.29, 1.82) is 0 Å². The molecule has 19 heavy (non-hydrogen) atoms. The molecule has 5 heteroatoms. The maximum absolute atomic E-state index is 12.1. The van der Waals surface area contributed by atoms with Crippen LogP contribution in [0.25, 0.3) is 0 Å². The fraction of sp³-hybridized carbons (Fsp3) is 0.214. The quantitative estimate of drug-likeness (QED) is 0.848. The molecule has 0 aliphatic rings. The molecule has 1 heterocycles. The zero-order valence-corrected chi connectivity index (χ0v) is 12.1. The summed E-state index contributed by atoms with van der Waals surface area (Å²) >= 11 is 7.65. The Bertz CT molecular complexity index is 575. The molecule has 0 atom stereocenters. The zero-order valence-electron chi connectivity index (χ0n) is 10.6. The van der Waals surface area contributed by atoms with Crippen molar-refractivity contribution in [2.24, 2.45) is 0 Å². The number of carbonyl (C=O) groups is 1. The lowest BCUT2D eigenvalue weighted by Gasteiger charge is -2.09. The Morgan fingerprint density at radius 1 is 1.42 bits per heavy atom. The predicted molar refractivity (Wildman–Crippen MR) is 80.7 cm³/mol. The summed E-state index contributed by atoms with van der Waals surface area (Å²) in [4.78, 5) is 13.3. The van der Waals surface area contributed by atoms with Crippen molar-refractivity contribution in [3.63, 3.8) is 0 Å². The molecule has 0 spiro atoms. The van der Waals surface area contributed by atoms with Crippen LogP contribution in [0.3, 0.4) is 0 Å². The van der Waals surface area contributed by atoms with E-state index in [-0.39, 0.29) is 5.91 Å². The summed E-state index contributed by atoms with van der Waals surface area (Å²) in [5, 5.41) is 5.27. The fourth-order valence-electron chi connectivity index (χ4n) is 1.87. The first kappa shape index (κ1) is 13.9. The molecule has 3 nitrogen and oxygen atoms in total. The zero-order chi connectivity index (χ0) is 13.8. The molecule has 0 aliphatic carbocycles. The first-order valence-electron chi connectivity index (χ1n) is 6.01. The highest BCUT2D eigenvalue weighted by Crippen LogP contribution is 2.22. The van der Waals surface area contributed by atoms with Crippen molar-refractivity contribution in [1.82, 2.24) is 5.32 Å². The second-order valence-electron chi connectivity index (χ2n) is 4.11. The van der Waals surface area contributed by atoms with Crippen molar-refractivity contribution in [2.75, 3.05) is 5.73 Å². The largest absolute Gasteiger partial charge is 0.398 e. The van der Waals surface area contributed by atoms with Crippen LogP contribution in [0, 0.1) is 0 Å². The van der Waals surface area contributed by atoms with Gasteiger partial charge < -0.3 is 11.1 Å². The summed E-state index contributed by atoms with van der Waals surface area (Å²) in [6.45, 7) is 2.60. The lowest BCUT2D eigenvalue weighted by atomic mass is 10.1. The normalized spacial score (nSPS) is 10.4. The Morgan fingerprint density at radius 3 is 2.89 bits per heavy atom. The third-order valence-corrected chi connectivity index (χ3v) is 4.18. The van der Waals surface area contributed by atoms with Gasteiger partial charge in [0.05, 0.1) is 17.1 Å². The predicted octanol–water partition coefficient (Wildman–Crippen LogP) is 3.48. The van der Waals surface area contributed by atoms with Crippen LogP contribution in [0.15, 0.2) is 29.6 Å². The van der Waals surface area contributed by atoms with Gasteiger partial charge in [-0.25, -0.2) is 0 Å². The molecule has 0 saturated carbocycles. The van der Waals surface area contributed by atoms with Gasteiger partial charge in [-0.05, 0) is 35.6 Å². The molecule has 3 N–H and O–H groups in total. The maximum atomic E-state index is 12.1. The molecule has 2 aromatic rings. The Hall–Kier alpha value is -1.52. The summed E-state index contributed by atoms with van der Waals surface area (Å²) in [5.41, 5.74) is 7.79. The van der Waals surface area contributed by atoms with Gasteiger partial charge in [0.25, 0.3) is 5.91 Å². The molecular formula is C14H15ClN2OS. The van der Waals surface area contributed by atoms with Crippen LogP contribution < -0.4 is 11.1 Å². The van der Waals surface area contributed by atoms with Crippen LogP contribution in [0.1, 0.15) is 27.7 Å². The van der Waals surface area contributed by atoms with E-state index >= 15 is 0 Å². The standard InChI is InChI=1S/C14H15ClN2OS/c1-2-9-6-7-19-12(9)8-17-14(18)13-10(15)4-3-5-11(13)16/h3-7H,2,8,16H2,1H3,(H,17,18). The smallest absolute Gasteiger partial charge is 0.255 e. The first-order valence-corrected chi connectivity index (χ1v) is 7.26. The van der Waals surface area contributed by atoms with Crippen LogP contribution in [-0.2, 0) is 13.0 Å². The number of nitrogens with one attached hydrogen (secondary N) is 1. The van der Waals surface area contributed by atoms with Gasteiger partial charge in [-0.3, -0.25) is 4.79 Å². The fourth-order valence-corrected chi connectivity index (χ4v) is 3.05. The van der Waals surface area contributed by atoms with Gasteiger partial charge in [0.1, 0.15) is 0 Å². The molecule has 0 unspecified atom stereocenters. The van der Waals surface area contributed by atoms with E-state index in [0.29, 0.717) is 22.8 Å². The highest BCUT2D eigenvalue weighted by Gasteiger charge is 2.14. The number of nitrogen functional groups attached to an aromatic ring is 1. The summed E-state index contributed by atoms with van der Waals surface area (Å²) < 4.78 is 0. The van der Waals surface area contributed by atoms with E-state index in [2.05, 4.69) is 18.3 Å². The number of hydrogen-bond acceptors (Lipinski definition) is 3. The van der Waals surface area contributed by atoms with Gasteiger partial charge in [0.2, 0.25) is 0 Å². The van der Waals surface area contributed by atoms with Gasteiger partial charge in [-0.15, -0.1) is 11.3 Å². The summed E-state index contributed by atoms with van der Waals surface area (Å²) in [6, 6.07) is 7.14. The number of benzene rings is 1. The van der Waals surface area contributed by atoms with Crippen molar-refractivity contribution in [3.8, 4) is 0 Å². The number of aryl methyl sites for hydroxylation is 1. The lowest BCUT2D eigenvalue weighted by Crippen LogP contribution is -2.24. The molecule has 1 amide bonds. The molecule has 0 saturated heterocycles. The number of nitrogens with two attached hydrogens (primary N) is 1. The Balaban J connectivity index is 2.10. The van der Waals surface area contributed by atoms with E-state index in [1.54, 1.807) is 29.5 Å². The average Bonchev–Trinajstić information content (AvgIpc) is 2.83. The minimum absolute atomic E-state index is 0.237. The number of carbonyl (C=O) groups excluding carboxylic acids is 1. The van der Waals surface area contributed by atoms with Crippen LogP contribution in [0.5, 0.6) is 0 Å². The SMILES string of the molecule is CCc1ccsc1CNC(=O)c1c(N)cccc1Cl. The molecule has 1 aromatic carbocycles. The molecule has 1 aromatic heterocycles. The summed E-state index contributed by atoms with van der Waals surface area (Å²) in [5.74, 6) is -0.237. The third-order valence-electron chi connectivity index (χ3n) is 2.90. The number of amides is 1. The Morgan fingerprint density at radius 2 is 2.21 bits per heavy atom. The molecule has 0 bridgehead atoms. The minimum Gasteiger partial charge on any atom is -0.398 e. The molecule has 0 aliphatic heterocycles. The molecule has 100 valence electrons. The van der Waals surface area contributed by atoms with E-state index in [4.69, 9.17) is 17.3 Å². The summed E-state index contributed by atoms with van der Waals surface area (Å²) in [7, 11) is 0. The summed E-state index contributed by atoms with van der Waals surface area (Å²) in [6.07, 6.45) is 0.961. The first-order chi connectivity index (χ1) is 9.13. The van der Waals surface area contributed by atoms with Gasteiger partial charge in [-0.2, -0.15) is 0 Å². The second-order valence-corrected chi connectivity index (χ2v) is 5.52. The third kappa shape index (κ3) is 3.08. The van der Waals surface area contributed by atoms with Crippen molar-refractivity contribution in [2.45, 2.75) is 19.9 Å². The highest BCUT2D eigenvalue weighted by atomic mass is 35.5. The number of halogens is 1. The minimum atomic E-state index is -0.237. The highest BCUT2D eigenvalue weighted by molar-refractivity contribution is 7.10. The van der Waals surface area contributed by atoms with Crippen LogP contribution in [0.2, 0.25) is 5.02 Å². The van der Waals surface area contributed by atoms with E-state index in [1.807, 2.05) is 5.38 Å².